The van der Waals surface area contributed by atoms with E-state index in [9.17, 15) is 0 Å². The number of hydrogen-bond acceptors (Lipinski definition) is 5. The van der Waals surface area contributed by atoms with Crippen LogP contribution >= 0.6 is 11.8 Å². The summed E-state index contributed by atoms with van der Waals surface area (Å²) in [5, 5.41) is 4.72. The van der Waals surface area contributed by atoms with E-state index in [-0.39, 0.29) is 11.5 Å². The topological polar surface area (TPSA) is 64.9 Å². The molecule has 1 aromatic rings. The Morgan fingerprint density at radius 1 is 1.24 bits per heavy atom. The summed E-state index contributed by atoms with van der Waals surface area (Å²) in [4.78, 5) is 4.77. The molecule has 0 bridgehead atoms. The molecule has 1 saturated carbocycles. The molecule has 4 atom stereocenters. The highest BCUT2D eigenvalue weighted by Gasteiger charge is 2.45. The van der Waals surface area contributed by atoms with Crippen molar-refractivity contribution in [1.29, 1.82) is 0 Å². The lowest BCUT2D eigenvalue weighted by Gasteiger charge is -2.45. The van der Waals surface area contributed by atoms with Crippen molar-refractivity contribution in [3.63, 3.8) is 0 Å². The standard InChI is InChI=1S/C16H27N3OS/c1-10-12(17)8-7-11(16(10,2)3)15-18-14(19-20-15)13-6-4-5-9-21-13/h10-13H,4-9,17H2,1-3H3. The average Bonchev–Trinajstić information content (AvgIpc) is 2.95. The minimum Gasteiger partial charge on any atom is -0.339 e. The van der Waals surface area contributed by atoms with Gasteiger partial charge in [-0.05, 0) is 42.8 Å². The van der Waals surface area contributed by atoms with Crippen molar-refractivity contribution in [2.75, 3.05) is 5.75 Å². The summed E-state index contributed by atoms with van der Waals surface area (Å²) in [7, 11) is 0. The summed E-state index contributed by atoms with van der Waals surface area (Å²) in [5.74, 6) is 3.76. The van der Waals surface area contributed by atoms with Gasteiger partial charge < -0.3 is 10.3 Å². The third-order valence-corrected chi connectivity index (χ3v) is 7.10. The fraction of sp³-hybridized carbons (Fsp3) is 0.875. The van der Waals surface area contributed by atoms with Gasteiger partial charge in [0.15, 0.2) is 5.82 Å². The fourth-order valence-corrected chi connectivity index (χ4v) is 4.99. The first kappa shape index (κ1) is 15.3. The SMILES string of the molecule is CC1C(N)CCC(c2nc(C3CCCCS3)no2)C1(C)C. The fourth-order valence-electron chi connectivity index (χ4n) is 3.76. The third kappa shape index (κ3) is 2.87. The summed E-state index contributed by atoms with van der Waals surface area (Å²) in [6.45, 7) is 6.84. The Labute approximate surface area is 131 Å². The van der Waals surface area contributed by atoms with E-state index in [0.717, 1.165) is 24.6 Å². The van der Waals surface area contributed by atoms with Gasteiger partial charge in [-0.15, -0.1) is 0 Å². The Bertz CT molecular complexity index is 482. The lowest BCUT2D eigenvalue weighted by molar-refractivity contribution is 0.0806. The van der Waals surface area contributed by atoms with Gasteiger partial charge in [0.25, 0.3) is 0 Å². The number of nitrogens with zero attached hydrogens (tertiary/aromatic N) is 2. The molecular weight excluding hydrogens is 282 g/mol. The van der Waals surface area contributed by atoms with Crippen LogP contribution in [-0.4, -0.2) is 21.9 Å². The Morgan fingerprint density at radius 3 is 2.76 bits per heavy atom. The first-order valence-electron chi connectivity index (χ1n) is 8.21. The summed E-state index contributed by atoms with van der Waals surface area (Å²) in [5.41, 5.74) is 6.36. The van der Waals surface area contributed by atoms with Crippen LogP contribution in [-0.2, 0) is 0 Å². The maximum Gasteiger partial charge on any atom is 0.230 e. The van der Waals surface area contributed by atoms with Crippen molar-refractivity contribution in [3.8, 4) is 0 Å². The van der Waals surface area contributed by atoms with Crippen LogP contribution in [0.1, 0.15) is 75.8 Å². The maximum atomic E-state index is 6.25. The minimum atomic E-state index is 0.112. The highest BCUT2D eigenvalue weighted by Crippen LogP contribution is 2.49. The number of nitrogens with two attached hydrogens (primary N) is 1. The Morgan fingerprint density at radius 2 is 2.05 bits per heavy atom. The number of thioether (sulfide) groups is 1. The van der Waals surface area contributed by atoms with E-state index >= 15 is 0 Å². The van der Waals surface area contributed by atoms with Gasteiger partial charge in [0.2, 0.25) is 5.89 Å². The maximum absolute atomic E-state index is 6.25. The minimum absolute atomic E-state index is 0.112. The Hall–Kier alpha value is -0.550. The summed E-state index contributed by atoms with van der Waals surface area (Å²) in [6.07, 6.45) is 5.88. The highest BCUT2D eigenvalue weighted by molar-refractivity contribution is 7.99. The van der Waals surface area contributed by atoms with Crippen molar-refractivity contribution in [1.82, 2.24) is 10.1 Å². The predicted octanol–water partition coefficient (Wildman–Crippen LogP) is 3.89. The summed E-state index contributed by atoms with van der Waals surface area (Å²) >= 11 is 1.97. The normalized spacial score (nSPS) is 36.6. The molecule has 0 radical (unpaired) electrons. The molecule has 0 aromatic carbocycles. The van der Waals surface area contributed by atoms with Crippen molar-refractivity contribution in [2.45, 2.75) is 70.1 Å². The number of aromatic nitrogens is 2. The van der Waals surface area contributed by atoms with E-state index in [0.29, 0.717) is 17.1 Å². The molecule has 1 saturated heterocycles. The van der Waals surface area contributed by atoms with E-state index in [1.54, 1.807) is 0 Å². The molecular formula is C16H27N3OS. The van der Waals surface area contributed by atoms with Crippen LogP contribution in [0.5, 0.6) is 0 Å². The van der Waals surface area contributed by atoms with Crippen molar-refractivity contribution >= 4 is 11.8 Å². The Kier molecular flexibility index (Phi) is 4.33. The van der Waals surface area contributed by atoms with E-state index < -0.39 is 0 Å². The molecule has 4 nitrogen and oxygen atoms in total. The van der Waals surface area contributed by atoms with Crippen LogP contribution in [0.25, 0.3) is 0 Å². The molecule has 4 unspecified atom stereocenters. The van der Waals surface area contributed by atoms with Crippen molar-refractivity contribution in [2.24, 2.45) is 17.1 Å². The summed E-state index contributed by atoms with van der Waals surface area (Å²) in [6, 6.07) is 0.285. The first-order valence-corrected chi connectivity index (χ1v) is 9.25. The molecule has 1 aliphatic carbocycles. The molecule has 3 rings (SSSR count). The number of rotatable bonds is 2. The molecule has 1 aromatic heterocycles. The zero-order valence-electron chi connectivity index (χ0n) is 13.3. The van der Waals surface area contributed by atoms with Gasteiger partial charge in [0.1, 0.15) is 0 Å². The van der Waals surface area contributed by atoms with E-state index in [2.05, 4.69) is 25.9 Å². The molecule has 118 valence electrons. The van der Waals surface area contributed by atoms with E-state index in [4.69, 9.17) is 15.2 Å². The van der Waals surface area contributed by atoms with Gasteiger partial charge in [-0.2, -0.15) is 16.7 Å². The van der Waals surface area contributed by atoms with Gasteiger partial charge in [-0.25, -0.2) is 0 Å². The molecule has 0 amide bonds. The van der Waals surface area contributed by atoms with Crippen molar-refractivity contribution in [3.05, 3.63) is 11.7 Å². The zero-order valence-corrected chi connectivity index (χ0v) is 14.2. The van der Waals surface area contributed by atoms with Crippen LogP contribution in [0.4, 0.5) is 0 Å². The van der Waals surface area contributed by atoms with E-state index in [1.807, 2.05) is 11.8 Å². The zero-order chi connectivity index (χ0) is 15.0. The van der Waals surface area contributed by atoms with Gasteiger partial charge >= 0.3 is 0 Å². The van der Waals surface area contributed by atoms with Crippen LogP contribution in [0.15, 0.2) is 4.52 Å². The first-order chi connectivity index (χ1) is 10.00. The van der Waals surface area contributed by atoms with Gasteiger partial charge in [-0.1, -0.05) is 32.3 Å². The average molecular weight is 309 g/mol. The quantitative estimate of drug-likeness (QED) is 0.897. The van der Waals surface area contributed by atoms with Crippen LogP contribution < -0.4 is 5.73 Å². The number of hydrogen-bond donors (Lipinski definition) is 1. The Balaban J connectivity index is 1.79. The van der Waals surface area contributed by atoms with Gasteiger partial charge in [0, 0.05) is 12.0 Å². The molecule has 2 heterocycles. The largest absolute Gasteiger partial charge is 0.339 e. The lowest BCUT2D eigenvalue weighted by Crippen LogP contribution is -2.45. The molecule has 21 heavy (non-hydrogen) atoms. The molecule has 2 fully saturated rings. The van der Waals surface area contributed by atoms with Crippen LogP contribution in [0.2, 0.25) is 0 Å². The third-order valence-electron chi connectivity index (χ3n) is 5.73. The predicted molar refractivity (Wildman–Crippen MR) is 86.2 cm³/mol. The highest BCUT2D eigenvalue weighted by atomic mass is 32.2. The molecule has 0 spiro atoms. The smallest absolute Gasteiger partial charge is 0.230 e. The van der Waals surface area contributed by atoms with Crippen LogP contribution in [0.3, 0.4) is 0 Å². The second kappa shape index (κ2) is 5.92. The molecule has 5 heteroatoms. The van der Waals surface area contributed by atoms with E-state index in [1.165, 1.54) is 25.0 Å². The second-order valence-corrected chi connectivity index (χ2v) is 8.56. The lowest BCUT2D eigenvalue weighted by atomic mass is 9.61. The van der Waals surface area contributed by atoms with Crippen LogP contribution in [0, 0.1) is 11.3 Å². The second-order valence-electron chi connectivity index (χ2n) is 7.25. The molecule has 2 N–H and O–H groups in total. The molecule has 2 aliphatic rings. The van der Waals surface area contributed by atoms with Gasteiger partial charge in [-0.3, -0.25) is 0 Å². The van der Waals surface area contributed by atoms with Gasteiger partial charge in [0.05, 0.1) is 5.25 Å². The molecule has 1 aliphatic heterocycles. The summed E-state index contributed by atoms with van der Waals surface area (Å²) < 4.78 is 5.66. The monoisotopic (exact) mass is 309 g/mol. The van der Waals surface area contributed by atoms with Crippen molar-refractivity contribution < 1.29 is 4.52 Å².